The minimum atomic E-state index is -0.246. The highest BCUT2D eigenvalue weighted by molar-refractivity contribution is 6.00. The van der Waals surface area contributed by atoms with E-state index in [1.54, 1.807) is 36.1 Å². The first-order chi connectivity index (χ1) is 15.9. The average molecular weight is 450 g/mol. The van der Waals surface area contributed by atoms with Crippen LogP contribution in [-0.2, 0) is 7.05 Å². The number of rotatable bonds is 4. The zero-order valence-electron chi connectivity index (χ0n) is 19.0. The third-order valence-electron chi connectivity index (χ3n) is 6.52. The zero-order chi connectivity index (χ0) is 23.1. The average Bonchev–Trinajstić information content (AvgIpc) is 3.44. The number of ketones is 1. The standard InChI is InChI=1S/C24H27N5O4/c1-14-18(13-28(2)27-14)19-10-20(26-25-19)24(31)29-8-4-5-15(12-29)23-11-21(30)17-9-16(32-3)6-7-22(17)33-23/h6-7,9-10,13,15,23H,4-5,8,11-12H2,1-3H3,(H,25,26)/t15-,23-/m0/s1. The molecule has 33 heavy (non-hydrogen) atoms. The zero-order valence-corrected chi connectivity index (χ0v) is 19.0. The first-order valence-electron chi connectivity index (χ1n) is 11.2. The van der Waals surface area contributed by atoms with Gasteiger partial charge in [-0.3, -0.25) is 19.4 Å². The minimum absolute atomic E-state index is 0.0497. The molecule has 2 aromatic heterocycles. The van der Waals surface area contributed by atoms with E-state index in [9.17, 15) is 9.59 Å². The molecule has 172 valence electrons. The van der Waals surface area contributed by atoms with Gasteiger partial charge in [0.15, 0.2) is 5.78 Å². The number of likely N-dealkylation sites (tertiary alicyclic amines) is 1. The van der Waals surface area contributed by atoms with Gasteiger partial charge in [0, 0.05) is 44.2 Å². The van der Waals surface area contributed by atoms with E-state index in [-0.39, 0.29) is 23.7 Å². The van der Waals surface area contributed by atoms with Crippen LogP contribution in [0, 0.1) is 12.8 Å². The van der Waals surface area contributed by atoms with Crippen molar-refractivity contribution in [2.45, 2.75) is 32.3 Å². The number of aromatic amines is 1. The second-order valence-electron chi connectivity index (χ2n) is 8.77. The molecule has 3 aromatic rings. The number of nitrogens with one attached hydrogen (secondary N) is 1. The van der Waals surface area contributed by atoms with Crippen LogP contribution in [0.1, 0.15) is 45.8 Å². The van der Waals surface area contributed by atoms with Crippen LogP contribution in [0.25, 0.3) is 11.3 Å². The second-order valence-corrected chi connectivity index (χ2v) is 8.77. The Kier molecular flexibility index (Phi) is 5.39. The highest BCUT2D eigenvalue weighted by atomic mass is 16.5. The number of amides is 1. The lowest BCUT2D eigenvalue weighted by Crippen LogP contribution is -2.46. The number of nitrogens with zero attached hydrogens (tertiary/aromatic N) is 4. The van der Waals surface area contributed by atoms with Crippen molar-refractivity contribution in [2.24, 2.45) is 13.0 Å². The third-order valence-corrected chi connectivity index (χ3v) is 6.52. The Bertz CT molecular complexity index is 1210. The van der Waals surface area contributed by atoms with Gasteiger partial charge < -0.3 is 14.4 Å². The van der Waals surface area contributed by atoms with Crippen molar-refractivity contribution >= 4 is 11.7 Å². The fourth-order valence-electron chi connectivity index (χ4n) is 4.81. The molecular formula is C24H27N5O4. The van der Waals surface area contributed by atoms with Crippen LogP contribution in [0.3, 0.4) is 0 Å². The van der Waals surface area contributed by atoms with E-state index in [1.165, 1.54) is 0 Å². The van der Waals surface area contributed by atoms with Gasteiger partial charge in [-0.15, -0.1) is 0 Å². The van der Waals surface area contributed by atoms with E-state index in [2.05, 4.69) is 15.3 Å². The van der Waals surface area contributed by atoms with Crippen molar-refractivity contribution in [1.29, 1.82) is 0 Å². The van der Waals surface area contributed by atoms with Crippen LogP contribution in [0.4, 0.5) is 0 Å². The summed E-state index contributed by atoms with van der Waals surface area (Å²) in [6, 6.07) is 7.09. The Morgan fingerprint density at radius 2 is 2.12 bits per heavy atom. The van der Waals surface area contributed by atoms with Gasteiger partial charge in [0.05, 0.1) is 24.1 Å². The normalized spacial score (nSPS) is 20.3. The lowest BCUT2D eigenvalue weighted by atomic mass is 9.86. The summed E-state index contributed by atoms with van der Waals surface area (Å²) in [5.74, 6) is 1.27. The van der Waals surface area contributed by atoms with Gasteiger partial charge in [0.25, 0.3) is 5.91 Å². The number of ether oxygens (including phenoxy) is 2. The van der Waals surface area contributed by atoms with E-state index in [0.29, 0.717) is 48.0 Å². The number of Topliss-reactive ketones (excluding diaryl/α,β-unsaturated/α-hetero) is 1. The Balaban J connectivity index is 1.29. The lowest BCUT2D eigenvalue weighted by molar-refractivity contribution is 0.0405. The van der Waals surface area contributed by atoms with Crippen molar-refractivity contribution in [3.05, 3.63) is 47.4 Å². The summed E-state index contributed by atoms with van der Waals surface area (Å²) in [5.41, 5.74) is 3.47. The lowest BCUT2D eigenvalue weighted by Gasteiger charge is -2.38. The molecule has 5 rings (SSSR count). The number of H-pyrrole nitrogens is 1. The fraction of sp³-hybridized carbons (Fsp3) is 0.417. The second kappa shape index (κ2) is 8.38. The van der Waals surface area contributed by atoms with Crippen molar-refractivity contribution in [1.82, 2.24) is 24.9 Å². The topological polar surface area (TPSA) is 102 Å². The molecule has 2 atom stereocenters. The molecule has 1 fully saturated rings. The Hall–Kier alpha value is -3.62. The SMILES string of the molecule is COc1ccc2c(c1)C(=O)C[C@@H]([C@H]1CCCN(C(=O)c3cc(-c4cn(C)nc4C)n[nH]3)C1)O2. The fourth-order valence-corrected chi connectivity index (χ4v) is 4.81. The van der Waals surface area contributed by atoms with Gasteiger partial charge in [-0.1, -0.05) is 0 Å². The van der Waals surface area contributed by atoms with Gasteiger partial charge in [0.2, 0.25) is 0 Å². The van der Waals surface area contributed by atoms with E-state index in [1.807, 2.05) is 25.1 Å². The van der Waals surface area contributed by atoms with Gasteiger partial charge in [-0.05, 0) is 44.0 Å². The molecule has 0 aliphatic carbocycles. The summed E-state index contributed by atoms with van der Waals surface area (Å²) < 4.78 is 13.2. The van der Waals surface area contributed by atoms with Crippen molar-refractivity contribution in [3.63, 3.8) is 0 Å². The van der Waals surface area contributed by atoms with E-state index >= 15 is 0 Å². The predicted molar refractivity (Wildman–Crippen MR) is 121 cm³/mol. The molecule has 0 radical (unpaired) electrons. The quantitative estimate of drug-likeness (QED) is 0.657. The molecule has 0 saturated carbocycles. The maximum Gasteiger partial charge on any atom is 0.271 e. The first kappa shape index (κ1) is 21.2. The van der Waals surface area contributed by atoms with Crippen LogP contribution >= 0.6 is 0 Å². The number of benzene rings is 1. The van der Waals surface area contributed by atoms with Crippen LogP contribution in [0.15, 0.2) is 30.5 Å². The molecule has 9 nitrogen and oxygen atoms in total. The van der Waals surface area contributed by atoms with Crippen LogP contribution in [-0.4, -0.2) is 62.9 Å². The highest BCUT2D eigenvalue weighted by Crippen LogP contribution is 2.35. The number of methoxy groups -OCH3 is 1. The molecule has 4 heterocycles. The molecule has 2 aliphatic heterocycles. The van der Waals surface area contributed by atoms with Crippen molar-refractivity contribution < 1.29 is 19.1 Å². The molecule has 1 saturated heterocycles. The number of carbonyl (C=O) groups excluding carboxylic acids is 2. The van der Waals surface area contributed by atoms with E-state index in [0.717, 1.165) is 24.1 Å². The first-order valence-corrected chi connectivity index (χ1v) is 11.2. The highest BCUT2D eigenvalue weighted by Gasteiger charge is 2.36. The van der Waals surface area contributed by atoms with Gasteiger partial charge >= 0.3 is 0 Å². The number of aromatic nitrogens is 4. The number of aryl methyl sites for hydroxylation is 2. The molecule has 9 heteroatoms. The maximum atomic E-state index is 13.2. The van der Waals surface area contributed by atoms with Gasteiger partial charge in [-0.2, -0.15) is 10.2 Å². The summed E-state index contributed by atoms with van der Waals surface area (Å²) in [7, 11) is 3.43. The van der Waals surface area contributed by atoms with Crippen molar-refractivity contribution in [2.75, 3.05) is 20.2 Å². The summed E-state index contributed by atoms with van der Waals surface area (Å²) in [6.45, 7) is 3.13. The monoisotopic (exact) mass is 449 g/mol. The number of fused-ring (bicyclic) bond motifs is 1. The largest absolute Gasteiger partial charge is 0.497 e. The minimum Gasteiger partial charge on any atom is -0.497 e. The Labute approximate surface area is 191 Å². The molecule has 0 unspecified atom stereocenters. The third kappa shape index (κ3) is 3.99. The molecule has 1 amide bonds. The van der Waals surface area contributed by atoms with E-state index < -0.39 is 0 Å². The van der Waals surface area contributed by atoms with Gasteiger partial charge in [-0.25, -0.2) is 0 Å². The Morgan fingerprint density at radius 3 is 2.88 bits per heavy atom. The van der Waals surface area contributed by atoms with Crippen molar-refractivity contribution in [3.8, 4) is 22.8 Å². The van der Waals surface area contributed by atoms with Crippen LogP contribution in [0.5, 0.6) is 11.5 Å². The molecule has 1 N–H and O–H groups in total. The summed E-state index contributed by atoms with van der Waals surface area (Å²) in [6.07, 6.45) is 3.73. The van der Waals surface area contributed by atoms with Gasteiger partial charge in [0.1, 0.15) is 23.3 Å². The van der Waals surface area contributed by atoms with Crippen LogP contribution in [0.2, 0.25) is 0 Å². The summed E-state index contributed by atoms with van der Waals surface area (Å²) >= 11 is 0. The summed E-state index contributed by atoms with van der Waals surface area (Å²) in [5, 5.41) is 11.6. The molecule has 0 spiro atoms. The molecule has 0 bridgehead atoms. The molecule has 1 aromatic carbocycles. The number of carbonyl (C=O) groups is 2. The maximum absolute atomic E-state index is 13.2. The number of hydrogen-bond acceptors (Lipinski definition) is 6. The number of piperidine rings is 1. The van der Waals surface area contributed by atoms with Crippen LogP contribution < -0.4 is 9.47 Å². The molecular weight excluding hydrogens is 422 g/mol. The molecule has 2 aliphatic rings. The smallest absolute Gasteiger partial charge is 0.271 e. The number of hydrogen-bond donors (Lipinski definition) is 1. The Morgan fingerprint density at radius 1 is 1.27 bits per heavy atom. The summed E-state index contributed by atoms with van der Waals surface area (Å²) in [4.78, 5) is 27.8. The van der Waals surface area contributed by atoms with E-state index in [4.69, 9.17) is 9.47 Å². The predicted octanol–water partition coefficient (Wildman–Crippen LogP) is 3.01.